The second-order valence-corrected chi connectivity index (χ2v) is 5.75. The maximum Gasteiger partial charge on any atom is 0.0470 e. The maximum absolute atomic E-state index is 4.32. The monoisotopic (exact) mass is 283 g/mol. The molecule has 1 nitrogen and oxygen atoms in total. The molecule has 3 aromatic rings. The van der Waals surface area contributed by atoms with E-state index in [1.165, 1.54) is 27.8 Å². The average Bonchev–Trinajstić information content (AvgIpc) is 2.82. The minimum absolute atomic E-state index is 1.10. The van der Waals surface area contributed by atoms with Gasteiger partial charge in [0, 0.05) is 16.9 Å². The highest BCUT2D eigenvalue weighted by Gasteiger charge is 2.23. The molecule has 0 fully saturated rings. The predicted octanol–water partition coefficient (Wildman–Crippen LogP) is 5.78. The SMILES string of the molecule is C=C1c2ccccc2-c2cccc(Nc3cccc(C)c3)c21. The molecule has 0 amide bonds. The third kappa shape index (κ3) is 1.94. The zero-order valence-corrected chi connectivity index (χ0v) is 12.6. The Hall–Kier alpha value is -2.80. The van der Waals surface area contributed by atoms with Crippen molar-refractivity contribution in [2.45, 2.75) is 6.92 Å². The summed E-state index contributed by atoms with van der Waals surface area (Å²) in [6.45, 7) is 6.42. The number of nitrogens with one attached hydrogen (secondary N) is 1. The van der Waals surface area contributed by atoms with Crippen LogP contribution < -0.4 is 5.32 Å². The van der Waals surface area contributed by atoms with E-state index in [1.54, 1.807) is 0 Å². The van der Waals surface area contributed by atoms with E-state index >= 15 is 0 Å². The molecular weight excluding hydrogens is 266 g/mol. The summed E-state index contributed by atoms with van der Waals surface area (Å²) in [6, 6.07) is 23.3. The Kier molecular flexibility index (Phi) is 2.87. The van der Waals surface area contributed by atoms with E-state index in [-0.39, 0.29) is 0 Å². The van der Waals surface area contributed by atoms with Crippen molar-refractivity contribution in [2.75, 3.05) is 5.32 Å². The van der Waals surface area contributed by atoms with Crippen molar-refractivity contribution >= 4 is 16.9 Å². The van der Waals surface area contributed by atoms with Crippen molar-refractivity contribution < 1.29 is 0 Å². The van der Waals surface area contributed by atoms with Crippen LogP contribution in [0.3, 0.4) is 0 Å². The van der Waals surface area contributed by atoms with Crippen LogP contribution in [-0.2, 0) is 0 Å². The zero-order valence-electron chi connectivity index (χ0n) is 12.6. The zero-order chi connectivity index (χ0) is 15.1. The third-order valence-electron chi connectivity index (χ3n) is 4.21. The fourth-order valence-corrected chi connectivity index (χ4v) is 3.20. The van der Waals surface area contributed by atoms with Gasteiger partial charge in [-0.25, -0.2) is 0 Å². The number of aryl methyl sites for hydroxylation is 1. The van der Waals surface area contributed by atoms with Gasteiger partial charge in [0.2, 0.25) is 0 Å². The first kappa shape index (κ1) is 12.9. The van der Waals surface area contributed by atoms with Crippen LogP contribution in [0.1, 0.15) is 16.7 Å². The lowest BCUT2D eigenvalue weighted by atomic mass is 10.0. The van der Waals surface area contributed by atoms with E-state index in [4.69, 9.17) is 0 Å². The van der Waals surface area contributed by atoms with Crippen LogP contribution in [0.2, 0.25) is 0 Å². The molecule has 0 atom stereocenters. The van der Waals surface area contributed by atoms with E-state index in [9.17, 15) is 0 Å². The molecule has 22 heavy (non-hydrogen) atoms. The molecular formula is C21H17N. The van der Waals surface area contributed by atoms with Crippen LogP contribution in [-0.4, -0.2) is 0 Å². The predicted molar refractivity (Wildman–Crippen MR) is 94.5 cm³/mol. The number of fused-ring (bicyclic) bond motifs is 3. The summed E-state index contributed by atoms with van der Waals surface area (Å²) in [7, 11) is 0. The van der Waals surface area contributed by atoms with Crippen LogP contribution in [0.5, 0.6) is 0 Å². The van der Waals surface area contributed by atoms with E-state index in [1.807, 2.05) is 0 Å². The molecule has 0 saturated carbocycles. The molecule has 0 unspecified atom stereocenters. The number of rotatable bonds is 2. The van der Waals surface area contributed by atoms with Crippen molar-refractivity contribution in [3.8, 4) is 11.1 Å². The van der Waals surface area contributed by atoms with Gasteiger partial charge in [0.25, 0.3) is 0 Å². The molecule has 1 aliphatic carbocycles. The van der Waals surface area contributed by atoms with Gasteiger partial charge in [-0.2, -0.15) is 0 Å². The molecule has 0 heterocycles. The van der Waals surface area contributed by atoms with Crippen molar-refractivity contribution in [2.24, 2.45) is 0 Å². The van der Waals surface area contributed by atoms with Crippen LogP contribution >= 0.6 is 0 Å². The number of benzene rings is 3. The van der Waals surface area contributed by atoms with Gasteiger partial charge < -0.3 is 5.32 Å². The first-order valence-corrected chi connectivity index (χ1v) is 7.50. The summed E-state index contributed by atoms with van der Waals surface area (Å²) in [5.74, 6) is 0. The van der Waals surface area contributed by atoms with Gasteiger partial charge in [0.05, 0.1) is 0 Å². The first-order chi connectivity index (χ1) is 10.7. The van der Waals surface area contributed by atoms with E-state index in [2.05, 4.69) is 85.5 Å². The first-order valence-electron chi connectivity index (χ1n) is 7.50. The Labute approximate surface area is 130 Å². The van der Waals surface area contributed by atoms with Gasteiger partial charge in [0.15, 0.2) is 0 Å². The summed E-state index contributed by atoms with van der Waals surface area (Å²) in [5, 5.41) is 3.55. The molecule has 1 heteroatoms. The lowest BCUT2D eigenvalue weighted by molar-refractivity contribution is 1.45. The molecule has 0 bridgehead atoms. The van der Waals surface area contributed by atoms with Gasteiger partial charge in [-0.15, -0.1) is 0 Å². The van der Waals surface area contributed by atoms with Gasteiger partial charge in [-0.3, -0.25) is 0 Å². The number of anilines is 2. The van der Waals surface area contributed by atoms with Crippen LogP contribution in [0.4, 0.5) is 11.4 Å². The fraction of sp³-hybridized carbons (Fsp3) is 0.0476. The quantitative estimate of drug-likeness (QED) is 0.491. The van der Waals surface area contributed by atoms with E-state index < -0.39 is 0 Å². The van der Waals surface area contributed by atoms with Crippen LogP contribution in [0, 0.1) is 6.92 Å². The Morgan fingerprint density at radius 2 is 1.50 bits per heavy atom. The topological polar surface area (TPSA) is 12.0 Å². The third-order valence-corrected chi connectivity index (χ3v) is 4.21. The molecule has 3 aromatic carbocycles. The Balaban J connectivity index is 1.83. The summed E-state index contributed by atoms with van der Waals surface area (Å²) < 4.78 is 0. The summed E-state index contributed by atoms with van der Waals surface area (Å²) in [5.41, 5.74) is 9.55. The highest BCUT2D eigenvalue weighted by molar-refractivity contribution is 6.04. The van der Waals surface area contributed by atoms with E-state index in [0.717, 1.165) is 16.9 Å². The lowest BCUT2D eigenvalue weighted by Gasteiger charge is -2.12. The molecule has 0 saturated heterocycles. The summed E-state index contributed by atoms with van der Waals surface area (Å²) in [4.78, 5) is 0. The summed E-state index contributed by atoms with van der Waals surface area (Å²) >= 11 is 0. The normalized spacial score (nSPS) is 12.0. The van der Waals surface area contributed by atoms with Crippen LogP contribution in [0.15, 0.2) is 73.3 Å². The smallest absolute Gasteiger partial charge is 0.0470 e. The Morgan fingerprint density at radius 3 is 2.32 bits per heavy atom. The molecule has 0 spiro atoms. The van der Waals surface area contributed by atoms with Crippen molar-refractivity contribution in [3.63, 3.8) is 0 Å². The van der Waals surface area contributed by atoms with Crippen molar-refractivity contribution in [1.82, 2.24) is 0 Å². The van der Waals surface area contributed by atoms with E-state index in [0.29, 0.717) is 0 Å². The molecule has 106 valence electrons. The number of hydrogen-bond acceptors (Lipinski definition) is 1. The largest absolute Gasteiger partial charge is 0.355 e. The molecule has 0 aromatic heterocycles. The lowest BCUT2D eigenvalue weighted by Crippen LogP contribution is -1.95. The maximum atomic E-state index is 4.32. The Bertz CT molecular complexity index is 890. The molecule has 0 radical (unpaired) electrons. The molecule has 0 aliphatic heterocycles. The van der Waals surface area contributed by atoms with Crippen molar-refractivity contribution in [3.05, 3.63) is 90.0 Å². The molecule has 4 rings (SSSR count). The number of hydrogen-bond donors (Lipinski definition) is 1. The minimum atomic E-state index is 1.10. The second kappa shape index (κ2) is 4.88. The molecule has 1 N–H and O–H groups in total. The van der Waals surface area contributed by atoms with Gasteiger partial charge in [0.1, 0.15) is 0 Å². The minimum Gasteiger partial charge on any atom is -0.355 e. The standard InChI is InChI=1S/C21H17N/c1-14-7-5-8-16(13-14)22-20-12-6-11-19-18-10-4-3-9-17(18)15(2)21(19)20/h3-13,22H,2H2,1H3. The van der Waals surface area contributed by atoms with Crippen molar-refractivity contribution in [1.29, 1.82) is 0 Å². The second-order valence-electron chi connectivity index (χ2n) is 5.75. The Morgan fingerprint density at radius 1 is 0.773 bits per heavy atom. The van der Waals surface area contributed by atoms with Crippen LogP contribution in [0.25, 0.3) is 16.7 Å². The van der Waals surface area contributed by atoms with Gasteiger partial charge in [-0.05, 0) is 52.9 Å². The molecule has 1 aliphatic rings. The van der Waals surface area contributed by atoms with Gasteiger partial charge >= 0.3 is 0 Å². The fourth-order valence-electron chi connectivity index (χ4n) is 3.20. The van der Waals surface area contributed by atoms with Gasteiger partial charge in [-0.1, -0.05) is 55.1 Å². The average molecular weight is 283 g/mol. The summed E-state index contributed by atoms with van der Waals surface area (Å²) in [6.07, 6.45) is 0. The highest BCUT2D eigenvalue weighted by atomic mass is 14.9. The highest BCUT2D eigenvalue weighted by Crippen LogP contribution is 2.46.